The molecule has 0 aliphatic rings. The third-order valence-corrected chi connectivity index (χ3v) is 2.67. The zero-order valence-corrected chi connectivity index (χ0v) is 11.2. The summed E-state index contributed by atoms with van der Waals surface area (Å²) in [6.45, 7) is 2.85. The van der Waals surface area contributed by atoms with Crippen LogP contribution in [-0.4, -0.2) is 39.1 Å². The lowest BCUT2D eigenvalue weighted by atomic mass is 10.1. The number of nitrogens with zero attached hydrogens (tertiary/aromatic N) is 4. The number of hydrogen-bond acceptors (Lipinski definition) is 4. The van der Waals surface area contributed by atoms with E-state index in [-0.39, 0.29) is 19.1 Å². The first-order chi connectivity index (χ1) is 9.37. The number of rotatable bonds is 5. The second kappa shape index (κ2) is 5.74. The molecule has 0 aromatic carbocycles. The Morgan fingerprint density at radius 2 is 2.05 bits per heavy atom. The van der Waals surface area contributed by atoms with E-state index in [2.05, 4.69) is 19.8 Å². The Kier molecular flexibility index (Phi) is 4.22. The number of fused-ring (bicyclic) bond motifs is 1. The molecule has 0 unspecified atom stereocenters. The molecular weight excluding hydrogens is 273 g/mol. The molecule has 0 atom stereocenters. The quantitative estimate of drug-likeness (QED) is 0.793. The Morgan fingerprint density at radius 1 is 1.30 bits per heavy atom. The van der Waals surface area contributed by atoms with Crippen molar-refractivity contribution in [3.8, 4) is 0 Å². The Hall–Kier alpha value is -1.70. The summed E-state index contributed by atoms with van der Waals surface area (Å²) in [6.07, 6.45) is -1.09. The fourth-order valence-electron chi connectivity index (χ4n) is 1.64. The molecule has 0 bridgehead atoms. The Morgan fingerprint density at radius 3 is 2.70 bits per heavy atom. The molecule has 0 fully saturated rings. The number of aromatic nitrogens is 4. The first-order valence-corrected chi connectivity index (χ1v) is 6.20. The van der Waals surface area contributed by atoms with E-state index >= 15 is 0 Å². The zero-order valence-electron chi connectivity index (χ0n) is 11.2. The van der Waals surface area contributed by atoms with Gasteiger partial charge in [0.2, 0.25) is 0 Å². The van der Waals surface area contributed by atoms with E-state index in [1.807, 2.05) is 13.8 Å². The van der Waals surface area contributed by atoms with E-state index in [4.69, 9.17) is 0 Å². The molecule has 0 saturated heterocycles. The van der Waals surface area contributed by atoms with Crippen molar-refractivity contribution in [1.29, 1.82) is 0 Å². The highest BCUT2D eigenvalue weighted by atomic mass is 19.4. The molecule has 0 spiro atoms. The molecule has 2 aromatic heterocycles. The van der Waals surface area contributed by atoms with Gasteiger partial charge in [-0.1, -0.05) is 13.8 Å². The predicted octanol–water partition coefficient (Wildman–Crippen LogP) is 2.53. The molecule has 0 N–H and O–H groups in total. The molecule has 20 heavy (non-hydrogen) atoms. The van der Waals surface area contributed by atoms with E-state index in [9.17, 15) is 13.2 Å². The van der Waals surface area contributed by atoms with E-state index in [1.54, 1.807) is 6.20 Å². The predicted molar refractivity (Wildman–Crippen MR) is 66.3 cm³/mol. The molecule has 0 saturated carbocycles. The minimum Gasteiger partial charge on any atom is -0.370 e. The molecule has 110 valence electrons. The van der Waals surface area contributed by atoms with Gasteiger partial charge in [-0.3, -0.25) is 0 Å². The highest BCUT2D eigenvalue weighted by molar-refractivity contribution is 5.69. The van der Waals surface area contributed by atoms with Crippen molar-refractivity contribution in [2.75, 3.05) is 13.2 Å². The van der Waals surface area contributed by atoms with E-state index in [1.165, 1.54) is 10.9 Å². The van der Waals surface area contributed by atoms with Gasteiger partial charge < -0.3 is 4.74 Å². The van der Waals surface area contributed by atoms with Crippen LogP contribution in [0.4, 0.5) is 13.2 Å². The van der Waals surface area contributed by atoms with Crippen molar-refractivity contribution in [3.63, 3.8) is 0 Å². The largest absolute Gasteiger partial charge is 0.411 e. The molecule has 8 heteroatoms. The van der Waals surface area contributed by atoms with Crippen molar-refractivity contribution >= 4 is 11.2 Å². The Balaban J connectivity index is 2.04. The maximum absolute atomic E-state index is 11.9. The van der Waals surface area contributed by atoms with Crippen LogP contribution in [0.5, 0.6) is 0 Å². The van der Waals surface area contributed by atoms with Gasteiger partial charge in [-0.2, -0.15) is 18.3 Å². The summed E-state index contributed by atoms with van der Waals surface area (Å²) in [7, 11) is 0. The molecule has 0 radical (unpaired) electrons. The van der Waals surface area contributed by atoms with Crippen LogP contribution in [0.15, 0.2) is 12.4 Å². The van der Waals surface area contributed by atoms with Gasteiger partial charge in [0, 0.05) is 6.20 Å². The van der Waals surface area contributed by atoms with Gasteiger partial charge in [-0.15, -0.1) is 0 Å². The summed E-state index contributed by atoms with van der Waals surface area (Å²) < 4.78 is 41.9. The molecule has 2 aromatic rings. The summed E-state index contributed by atoms with van der Waals surface area (Å²) >= 11 is 0. The van der Waals surface area contributed by atoms with Crippen LogP contribution in [0.25, 0.3) is 11.2 Å². The lowest BCUT2D eigenvalue weighted by Gasteiger charge is -2.08. The summed E-state index contributed by atoms with van der Waals surface area (Å²) in [5.74, 6) is 0.219. The SMILES string of the molecule is CC(C)c1cnc2cnn(CCOCC(F)(F)F)c2n1. The van der Waals surface area contributed by atoms with Gasteiger partial charge in [0.1, 0.15) is 12.1 Å². The van der Waals surface area contributed by atoms with Crippen LogP contribution in [-0.2, 0) is 11.3 Å². The smallest absolute Gasteiger partial charge is 0.370 e. The van der Waals surface area contributed by atoms with Gasteiger partial charge in [0.15, 0.2) is 5.65 Å². The number of alkyl halides is 3. The summed E-state index contributed by atoms with van der Waals surface area (Å²) in [4.78, 5) is 8.65. The van der Waals surface area contributed by atoms with Gasteiger partial charge in [0.25, 0.3) is 0 Å². The molecule has 2 heterocycles. The highest BCUT2D eigenvalue weighted by Gasteiger charge is 2.27. The Labute approximate surface area is 113 Å². The monoisotopic (exact) mass is 288 g/mol. The first-order valence-electron chi connectivity index (χ1n) is 6.20. The molecule has 0 aliphatic heterocycles. The van der Waals surface area contributed by atoms with Crippen LogP contribution < -0.4 is 0 Å². The summed E-state index contributed by atoms with van der Waals surface area (Å²) in [5.41, 5.74) is 1.99. The molecular formula is C12H15F3N4O. The zero-order chi connectivity index (χ0) is 14.8. The number of hydrogen-bond donors (Lipinski definition) is 0. The second-order valence-corrected chi connectivity index (χ2v) is 4.69. The third kappa shape index (κ3) is 3.66. The summed E-state index contributed by atoms with van der Waals surface area (Å²) in [5, 5.41) is 4.06. The van der Waals surface area contributed by atoms with E-state index in [0.29, 0.717) is 11.2 Å². The van der Waals surface area contributed by atoms with Crippen LogP contribution >= 0.6 is 0 Å². The molecule has 5 nitrogen and oxygen atoms in total. The van der Waals surface area contributed by atoms with Crippen LogP contribution in [0.2, 0.25) is 0 Å². The first kappa shape index (κ1) is 14.7. The average molecular weight is 288 g/mol. The van der Waals surface area contributed by atoms with Gasteiger partial charge in [-0.05, 0) is 5.92 Å². The molecule has 2 rings (SSSR count). The van der Waals surface area contributed by atoms with Gasteiger partial charge in [0.05, 0.1) is 25.0 Å². The van der Waals surface area contributed by atoms with Gasteiger partial charge in [-0.25, -0.2) is 14.6 Å². The fraction of sp³-hybridized carbons (Fsp3) is 0.583. The van der Waals surface area contributed by atoms with Crippen LogP contribution in [0, 0.1) is 0 Å². The minimum atomic E-state index is -4.31. The summed E-state index contributed by atoms with van der Waals surface area (Å²) in [6, 6.07) is 0. The van der Waals surface area contributed by atoms with E-state index in [0.717, 1.165) is 5.69 Å². The van der Waals surface area contributed by atoms with Crippen molar-refractivity contribution < 1.29 is 17.9 Å². The highest BCUT2D eigenvalue weighted by Crippen LogP contribution is 2.16. The van der Waals surface area contributed by atoms with E-state index < -0.39 is 12.8 Å². The third-order valence-electron chi connectivity index (χ3n) is 2.67. The number of ether oxygens (including phenoxy) is 1. The minimum absolute atomic E-state index is 0.0795. The molecule has 0 amide bonds. The van der Waals surface area contributed by atoms with Crippen LogP contribution in [0.3, 0.4) is 0 Å². The molecule has 0 aliphatic carbocycles. The topological polar surface area (TPSA) is 52.8 Å². The second-order valence-electron chi connectivity index (χ2n) is 4.69. The standard InChI is InChI=1S/C12H15F3N4O/c1-8(2)9-5-16-10-6-17-19(11(10)18-9)3-4-20-7-12(13,14)15/h5-6,8H,3-4,7H2,1-2H3. The Bertz CT molecular complexity index is 580. The fourth-order valence-corrected chi connectivity index (χ4v) is 1.64. The maximum atomic E-state index is 11.9. The van der Waals surface area contributed by atoms with Crippen molar-refractivity contribution in [3.05, 3.63) is 18.1 Å². The van der Waals surface area contributed by atoms with Crippen molar-refractivity contribution in [1.82, 2.24) is 19.7 Å². The lowest BCUT2D eigenvalue weighted by molar-refractivity contribution is -0.174. The van der Waals surface area contributed by atoms with Crippen LogP contribution in [0.1, 0.15) is 25.5 Å². The number of halogens is 3. The maximum Gasteiger partial charge on any atom is 0.411 e. The lowest BCUT2D eigenvalue weighted by Crippen LogP contribution is -2.19. The normalized spacial score (nSPS) is 12.5. The average Bonchev–Trinajstić information content (AvgIpc) is 2.76. The van der Waals surface area contributed by atoms with Gasteiger partial charge >= 0.3 is 6.18 Å². The van der Waals surface area contributed by atoms with Crippen molar-refractivity contribution in [2.45, 2.75) is 32.5 Å². The van der Waals surface area contributed by atoms with Crippen molar-refractivity contribution in [2.24, 2.45) is 0 Å².